The van der Waals surface area contributed by atoms with E-state index in [0.29, 0.717) is 12.0 Å². The maximum absolute atomic E-state index is 5.64. The highest BCUT2D eigenvalue weighted by Crippen LogP contribution is 2.17. The van der Waals surface area contributed by atoms with E-state index in [0.717, 1.165) is 0 Å². The second kappa shape index (κ2) is 5.23. The predicted molar refractivity (Wildman–Crippen MR) is 58.5 cm³/mol. The molecule has 0 atom stereocenters. The van der Waals surface area contributed by atoms with Crippen LogP contribution in [0.4, 0.5) is 5.95 Å². The summed E-state index contributed by atoms with van der Waals surface area (Å²) in [5, 5.41) is 0.206. The molecule has 1 fully saturated rings. The number of hydrogen-bond acceptors (Lipinski definition) is 5. The van der Waals surface area contributed by atoms with Gasteiger partial charge in [-0.2, -0.15) is 4.98 Å². The van der Waals surface area contributed by atoms with Crippen molar-refractivity contribution >= 4 is 17.5 Å². The molecule has 0 aliphatic heterocycles. The predicted octanol–water partition coefficient (Wildman–Crippen LogP) is 1.77. The Bertz CT molecular complexity index is 313. The largest absolute Gasteiger partial charge is 0.289 e. The third kappa shape index (κ3) is 3.28. The highest BCUT2D eigenvalue weighted by molar-refractivity contribution is 6.28. The Morgan fingerprint density at radius 3 is 2.73 bits per heavy atom. The van der Waals surface area contributed by atoms with E-state index in [1.807, 2.05) is 0 Å². The van der Waals surface area contributed by atoms with Gasteiger partial charge in [-0.25, -0.2) is 15.4 Å². The second-order valence-electron chi connectivity index (χ2n) is 3.68. The quantitative estimate of drug-likeness (QED) is 0.771. The number of hydrogen-bond donors (Lipinski definition) is 2. The van der Waals surface area contributed by atoms with E-state index >= 15 is 0 Å². The molecule has 1 saturated carbocycles. The van der Waals surface area contributed by atoms with Crippen molar-refractivity contribution in [3.8, 4) is 0 Å². The summed E-state index contributed by atoms with van der Waals surface area (Å²) in [7, 11) is 0. The van der Waals surface area contributed by atoms with E-state index in [1.165, 1.54) is 38.4 Å². The van der Waals surface area contributed by atoms with E-state index in [-0.39, 0.29) is 5.28 Å². The van der Waals surface area contributed by atoms with Crippen LogP contribution in [-0.4, -0.2) is 21.0 Å². The fourth-order valence-electron chi connectivity index (χ4n) is 1.75. The molecule has 0 aromatic carbocycles. The summed E-state index contributed by atoms with van der Waals surface area (Å²) < 4.78 is 0. The van der Waals surface area contributed by atoms with Crippen LogP contribution in [0.3, 0.4) is 0 Å². The molecular weight excluding hydrogens is 214 g/mol. The van der Waals surface area contributed by atoms with Crippen LogP contribution in [0.25, 0.3) is 0 Å². The summed E-state index contributed by atoms with van der Waals surface area (Å²) in [4.78, 5) is 11.6. The van der Waals surface area contributed by atoms with E-state index in [4.69, 9.17) is 11.6 Å². The molecule has 0 bridgehead atoms. The van der Waals surface area contributed by atoms with Gasteiger partial charge >= 0.3 is 0 Å². The second-order valence-corrected chi connectivity index (χ2v) is 4.02. The van der Waals surface area contributed by atoms with Gasteiger partial charge in [-0.1, -0.05) is 19.3 Å². The van der Waals surface area contributed by atoms with Gasteiger partial charge in [-0.05, 0) is 24.4 Å². The average Bonchev–Trinajstić information content (AvgIpc) is 2.28. The molecule has 0 saturated heterocycles. The van der Waals surface area contributed by atoms with Crippen molar-refractivity contribution in [2.75, 3.05) is 5.43 Å². The lowest BCUT2D eigenvalue weighted by Gasteiger charge is -2.22. The normalized spacial score (nSPS) is 17.7. The van der Waals surface area contributed by atoms with Crippen LogP contribution in [0.1, 0.15) is 32.1 Å². The van der Waals surface area contributed by atoms with Gasteiger partial charge in [0.2, 0.25) is 11.2 Å². The van der Waals surface area contributed by atoms with E-state index in [1.54, 1.807) is 0 Å². The summed E-state index contributed by atoms with van der Waals surface area (Å²) in [5.74, 6) is 0.473. The number of nitrogens with zero attached hydrogens (tertiary/aromatic N) is 3. The first-order chi connectivity index (χ1) is 7.34. The topological polar surface area (TPSA) is 62.7 Å². The lowest BCUT2D eigenvalue weighted by atomic mass is 9.96. The SMILES string of the molecule is Clc1ncnc(NNC2CCCCC2)n1. The molecule has 1 aromatic heterocycles. The summed E-state index contributed by atoms with van der Waals surface area (Å²) in [5.41, 5.74) is 6.16. The number of nitrogens with one attached hydrogen (secondary N) is 2. The lowest BCUT2D eigenvalue weighted by molar-refractivity contribution is 0.392. The molecule has 0 amide bonds. The molecule has 5 nitrogen and oxygen atoms in total. The van der Waals surface area contributed by atoms with Crippen LogP contribution in [0.15, 0.2) is 6.33 Å². The van der Waals surface area contributed by atoms with Crippen molar-refractivity contribution in [1.82, 2.24) is 20.4 Å². The van der Waals surface area contributed by atoms with Crippen LogP contribution in [-0.2, 0) is 0 Å². The van der Waals surface area contributed by atoms with Crippen molar-refractivity contribution in [3.63, 3.8) is 0 Å². The van der Waals surface area contributed by atoms with Gasteiger partial charge in [0.15, 0.2) is 0 Å². The third-order valence-electron chi connectivity index (χ3n) is 2.54. The molecule has 0 spiro atoms. The minimum Gasteiger partial charge on any atom is -0.289 e. The van der Waals surface area contributed by atoms with Gasteiger partial charge in [-0.3, -0.25) is 5.43 Å². The van der Waals surface area contributed by atoms with Gasteiger partial charge in [0.25, 0.3) is 0 Å². The monoisotopic (exact) mass is 227 g/mol. The van der Waals surface area contributed by atoms with E-state index in [9.17, 15) is 0 Å². The average molecular weight is 228 g/mol. The fraction of sp³-hybridized carbons (Fsp3) is 0.667. The van der Waals surface area contributed by atoms with Crippen LogP contribution in [0.5, 0.6) is 0 Å². The Kier molecular flexibility index (Phi) is 3.69. The first-order valence-corrected chi connectivity index (χ1v) is 5.58. The number of hydrazine groups is 1. The Hall–Kier alpha value is -0.940. The van der Waals surface area contributed by atoms with Gasteiger partial charge in [0.05, 0.1) is 0 Å². The zero-order valence-corrected chi connectivity index (χ0v) is 9.17. The molecule has 0 unspecified atom stereocenters. The Morgan fingerprint density at radius 1 is 1.20 bits per heavy atom. The van der Waals surface area contributed by atoms with Crippen LogP contribution in [0, 0.1) is 0 Å². The molecule has 1 aromatic rings. The zero-order chi connectivity index (χ0) is 10.5. The van der Waals surface area contributed by atoms with Crippen molar-refractivity contribution in [1.29, 1.82) is 0 Å². The summed E-state index contributed by atoms with van der Waals surface area (Å²) >= 11 is 5.64. The fourth-order valence-corrected chi connectivity index (χ4v) is 1.87. The highest BCUT2D eigenvalue weighted by atomic mass is 35.5. The molecule has 82 valence electrons. The Labute approximate surface area is 93.6 Å². The zero-order valence-electron chi connectivity index (χ0n) is 8.41. The number of rotatable bonds is 3. The smallest absolute Gasteiger partial charge is 0.241 e. The van der Waals surface area contributed by atoms with E-state index < -0.39 is 0 Å². The molecular formula is C9H14ClN5. The molecule has 2 N–H and O–H groups in total. The van der Waals surface area contributed by atoms with Gasteiger partial charge in [0, 0.05) is 6.04 Å². The Morgan fingerprint density at radius 2 is 2.00 bits per heavy atom. The van der Waals surface area contributed by atoms with Crippen molar-refractivity contribution < 1.29 is 0 Å². The number of anilines is 1. The third-order valence-corrected chi connectivity index (χ3v) is 2.72. The van der Waals surface area contributed by atoms with Crippen molar-refractivity contribution in [3.05, 3.63) is 11.6 Å². The van der Waals surface area contributed by atoms with Crippen molar-refractivity contribution in [2.45, 2.75) is 38.1 Å². The molecule has 6 heteroatoms. The standard InChI is InChI=1S/C9H14ClN5/c10-8-11-6-12-9(13-8)15-14-7-4-2-1-3-5-7/h6-7,14H,1-5H2,(H,11,12,13,15). The summed E-state index contributed by atoms with van der Waals surface area (Å²) in [6.45, 7) is 0. The lowest BCUT2D eigenvalue weighted by Crippen LogP contribution is -2.36. The van der Waals surface area contributed by atoms with Crippen molar-refractivity contribution in [2.24, 2.45) is 0 Å². The molecule has 1 aliphatic carbocycles. The summed E-state index contributed by atoms with van der Waals surface area (Å²) in [6, 6.07) is 0.509. The molecule has 1 heterocycles. The van der Waals surface area contributed by atoms with Crippen LogP contribution < -0.4 is 10.9 Å². The first-order valence-electron chi connectivity index (χ1n) is 5.20. The first kappa shape index (κ1) is 10.6. The van der Waals surface area contributed by atoms with Gasteiger partial charge in [0.1, 0.15) is 6.33 Å². The van der Waals surface area contributed by atoms with Gasteiger partial charge < -0.3 is 0 Å². The maximum Gasteiger partial charge on any atom is 0.241 e. The molecule has 0 radical (unpaired) electrons. The molecule has 15 heavy (non-hydrogen) atoms. The summed E-state index contributed by atoms with van der Waals surface area (Å²) in [6.07, 6.45) is 7.71. The molecule has 1 aliphatic rings. The minimum absolute atomic E-state index is 0.206. The van der Waals surface area contributed by atoms with Crippen LogP contribution in [0.2, 0.25) is 5.28 Å². The number of aromatic nitrogens is 3. The van der Waals surface area contributed by atoms with E-state index in [2.05, 4.69) is 25.8 Å². The highest BCUT2D eigenvalue weighted by Gasteiger charge is 2.12. The minimum atomic E-state index is 0.206. The number of halogens is 1. The molecule has 2 rings (SSSR count). The van der Waals surface area contributed by atoms with Crippen LogP contribution >= 0.6 is 11.6 Å². The Balaban J connectivity index is 1.81. The maximum atomic E-state index is 5.64. The van der Waals surface area contributed by atoms with Gasteiger partial charge in [-0.15, -0.1) is 0 Å².